The molecule has 0 bridgehead atoms. The summed E-state index contributed by atoms with van der Waals surface area (Å²) >= 11 is 1.55. The van der Waals surface area contributed by atoms with Crippen molar-refractivity contribution in [3.8, 4) is 17.1 Å². The van der Waals surface area contributed by atoms with Gasteiger partial charge in [0.05, 0.1) is 12.3 Å². The van der Waals surface area contributed by atoms with Crippen LogP contribution in [-0.4, -0.2) is 21.2 Å². The van der Waals surface area contributed by atoms with Gasteiger partial charge in [0, 0.05) is 17.5 Å². The standard InChI is InChI=1S/C13H14N4OS/c1-2-18-11-5-3-4-9(6-11)12-15-13-17(16-12)10(7-14)8-19-13/h3-6,8H,2,7,14H2,1H3. The third kappa shape index (κ3) is 2.20. The lowest BCUT2D eigenvalue weighted by Crippen LogP contribution is -2.01. The van der Waals surface area contributed by atoms with Crippen LogP contribution < -0.4 is 10.5 Å². The van der Waals surface area contributed by atoms with E-state index >= 15 is 0 Å². The summed E-state index contributed by atoms with van der Waals surface area (Å²) < 4.78 is 7.29. The van der Waals surface area contributed by atoms with Crippen molar-refractivity contribution in [2.24, 2.45) is 5.73 Å². The van der Waals surface area contributed by atoms with Crippen LogP contribution >= 0.6 is 11.3 Å². The highest BCUT2D eigenvalue weighted by Gasteiger charge is 2.11. The maximum absolute atomic E-state index is 5.67. The third-order valence-electron chi connectivity index (χ3n) is 2.76. The van der Waals surface area contributed by atoms with Gasteiger partial charge in [0.2, 0.25) is 4.96 Å². The SMILES string of the molecule is CCOc1cccc(-c2nc3scc(CN)n3n2)c1. The van der Waals surface area contributed by atoms with Crippen LogP contribution in [0.2, 0.25) is 0 Å². The van der Waals surface area contributed by atoms with Gasteiger partial charge in [0.15, 0.2) is 5.82 Å². The Morgan fingerprint density at radius 3 is 3.11 bits per heavy atom. The predicted molar refractivity (Wildman–Crippen MR) is 75.4 cm³/mol. The topological polar surface area (TPSA) is 65.4 Å². The van der Waals surface area contributed by atoms with E-state index in [1.165, 1.54) is 0 Å². The molecule has 98 valence electrons. The Hall–Kier alpha value is -1.92. The van der Waals surface area contributed by atoms with Crippen molar-refractivity contribution < 1.29 is 4.74 Å². The summed E-state index contributed by atoms with van der Waals surface area (Å²) in [7, 11) is 0. The van der Waals surface area contributed by atoms with Gasteiger partial charge in [-0.15, -0.1) is 16.4 Å². The summed E-state index contributed by atoms with van der Waals surface area (Å²) in [5, 5.41) is 6.48. The lowest BCUT2D eigenvalue weighted by molar-refractivity contribution is 0.340. The highest BCUT2D eigenvalue weighted by molar-refractivity contribution is 7.15. The molecular weight excluding hydrogens is 260 g/mol. The van der Waals surface area contributed by atoms with Crippen molar-refractivity contribution in [3.05, 3.63) is 35.3 Å². The summed E-state index contributed by atoms with van der Waals surface area (Å²) in [6, 6.07) is 7.80. The minimum Gasteiger partial charge on any atom is -0.494 e. The lowest BCUT2D eigenvalue weighted by atomic mass is 10.2. The Morgan fingerprint density at radius 2 is 2.32 bits per heavy atom. The number of fused-ring (bicyclic) bond motifs is 1. The minimum atomic E-state index is 0.460. The zero-order valence-corrected chi connectivity index (χ0v) is 11.4. The Bertz CT molecular complexity index is 704. The average molecular weight is 274 g/mol. The summed E-state index contributed by atoms with van der Waals surface area (Å²) in [6.07, 6.45) is 0. The fourth-order valence-electron chi connectivity index (χ4n) is 1.88. The summed E-state index contributed by atoms with van der Waals surface area (Å²) in [5.74, 6) is 1.53. The number of nitrogens with zero attached hydrogens (tertiary/aromatic N) is 3. The molecule has 0 amide bonds. The number of ether oxygens (including phenoxy) is 1. The maximum atomic E-state index is 5.67. The molecule has 0 fully saturated rings. The van der Waals surface area contributed by atoms with Crippen molar-refractivity contribution >= 4 is 16.3 Å². The van der Waals surface area contributed by atoms with Gasteiger partial charge >= 0.3 is 0 Å². The van der Waals surface area contributed by atoms with E-state index in [2.05, 4.69) is 10.1 Å². The minimum absolute atomic E-state index is 0.460. The molecular formula is C13H14N4OS. The van der Waals surface area contributed by atoms with Gasteiger partial charge in [-0.25, -0.2) is 4.52 Å². The molecule has 19 heavy (non-hydrogen) atoms. The van der Waals surface area contributed by atoms with E-state index in [1.807, 2.05) is 36.6 Å². The van der Waals surface area contributed by atoms with Crippen LogP contribution in [0, 0.1) is 0 Å². The van der Waals surface area contributed by atoms with Gasteiger partial charge in [-0.2, -0.15) is 4.98 Å². The molecule has 5 nitrogen and oxygen atoms in total. The summed E-state index contributed by atoms with van der Waals surface area (Å²) in [5.41, 5.74) is 7.59. The van der Waals surface area contributed by atoms with Crippen molar-refractivity contribution in [1.29, 1.82) is 0 Å². The van der Waals surface area contributed by atoms with Gasteiger partial charge in [-0.3, -0.25) is 0 Å². The smallest absolute Gasteiger partial charge is 0.212 e. The molecule has 0 atom stereocenters. The first-order chi connectivity index (χ1) is 9.31. The van der Waals surface area contributed by atoms with E-state index in [9.17, 15) is 0 Å². The quantitative estimate of drug-likeness (QED) is 0.793. The van der Waals surface area contributed by atoms with Crippen LogP contribution in [0.15, 0.2) is 29.6 Å². The summed E-state index contributed by atoms with van der Waals surface area (Å²) in [4.78, 5) is 5.37. The Kier molecular flexibility index (Phi) is 3.18. The number of aromatic nitrogens is 3. The highest BCUT2D eigenvalue weighted by atomic mass is 32.1. The molecule has 3 aromatic rings. The van der Waals surface area contributed by atoms with Gasteiger partial charge in [-0.05, 0) is 19.1 Å². The number of nitrogens with two attached hydrogens (primary N) is 1. The van der Waals surface area contributed by atoms with Crippen LogP contribution in [-0.2, 0) is 6.54 Å². The first-order valence-electron chi connectivity index (χ1n) is 6.08. The van der Waals surface area contributed by atoms with Crippen LogP contribution in [0.5, 0.6) is 5.75 Å². The van der Waals surface area contributed by atoms with Crippen LogP contribution in [0.3, 0.4) is 0 Å². The second-order valence-electron chi connectivity index (χ2n) is 4.02. The molecule has 3 rings (SSSR count). The lowest BCUT2D eigenvalue weighted by Gasteiger charge is -2.03. The van der Waals surface area contributed by atoms with Crippen LogP contribution in [0.4, 0.5) is 0 Å². The van der Waals surface area contributed by atoms with Crippen molar-refractivity contribution in [1.82, 2.24) is 14.6 Å². The number of rotatable bonds is 4. The third-order valence-corrected chi connectivity index (χ3v) is 3.63. The van der Waals surface area contributed by atoms with Gasteiger partial charge in [0.25, 0.3) is 0 Å². The highest BCUT2D eigenvalue weighted by Crippen LogP contribution is 2.23. The molecule has 0 aliphatic rings. The largest absolute Gasteiger partial charge is 0.494 e. The molecule has 0 aliphatic carbocycles. The molecule has 1 aromatic carbocycles. The number of hydrogen-bond acceptors (Lipinski definition) is 5. The summed E-state index contributed by atoms with van der Waals surface area (Å²) in [6.45, 7) is 3.07. The zero-order chi connectivity index (χ0) is 13.2. The van der Waals surface area contributed by atoms with E-state index in [0.29, 0.717) is 19.0 Å². The zero-order valence-electron chi connectivity index (χ0n) is 10.5. The normalized spacial score (nSPS) is 11.1. The second-order valence-corrected chi connectivity index (χ2v) is 4.86. The molecule has 0 spiro atoms. The molecule has 0 saturated heterocycles. The van der Waals surface area contributed by atoms with Gasteiger partial charge in [-0.1, -0.05) is 12.1 Å². The van der Waals surface area contributed by atoms with Crippen LogP contribution in [0.1, 0.15) is 12.6 Å². The maximum Gasteiger partial charge on any atom is 0.212 e. The van der Waals surface area contributed by atoms with Crippen molar-refractivity contribution in [2.45, 2.75) is 13.5 Å². The molecule has 0 unspecified atom stereocenters. The molecule has 2 N–H and O–H groups in total. The first-order valence-corrected chi connectivity index (χ1v) is 6.96. The van der Waals surface area contributed by atoms with Crippen molar-refractivity contribution in [3.63, 3.8) is 0 Å². The number of thiazole rings is 1. The van der Waals surface area contributed by atoms with Crippen molar-refractivity contribution in [2.75, 3.05) is 6.61 Å². The van der Waals surface area contributed by atoms with E-state index in [-0.39, 0.29) is 0 Å². The Balaban J connectivity index is 2.03. The first kappa shape index (κ1) is 12.1. The molecule has 0 radical (unpaired) electrons. The number of benzene rings is 1. The number of hydrogen-bond donors (Lipinski definition) is 1. The van der Waals surface area contributed by atoms with Crippen LogP contribution in [0.25, 0.3) is 16.3 Å². The van der Waals surface area contributed by atoms with E-state index in [0.717, 1.165) is 22.0 Å². The Labute approximate surface area is 114 Å². The van der Waals surface area contributed by atoms with Gasteiger partial charge in [0.1, 0.15) is 5.75 Å². The average Bonchev–Trinajstić information content (AvgIpc) is 2.99. The molecule has 2 aromatic heterocycles. The molecule has 0 aliphatic heterocycles. The Morgan fingerprint density at radius 1 is 1.42 bits per heavy atom. The monoisotopic (exact) mass is 274 g/mol. The van der Waals surface area contributed by atoms with E-state index in [1.54, 1.807) is 15.9 Å². The second kappa shape index (κ2) is 4.99. The molecule has 6 heteroatoms. The molecule has 0 saturated carbocycles. The predicted octanol–water partition coefficient (Wildman–Crippen LogP) is 2.32. The van der Waals surface area contributed by atoms with E-state index in [4.69, 9.17) is 10.5 Å². The fraction of sp³-hybridized carbons (Fsp3) is 0.231. The molecule has 2 heterocycles. The van der Waals surface area contributed by atoms with Gasteiger partial charge < -0.3 is 10.5 Å². The van der Waals surface area contributed by atoms with E-state index < -0.39 is 0 Å². The fourth-order valence-corrected chi connectivity index (χ4v) is 2.71.